The highest BCUT2D eigenvalue weighted by molar-refractivity contribution is 4.70. The fraction of sp³-hybridized carbons (Fsp3) is 1.00. The van der Waals surface area contributed by atoms with Crippen molar-refractivity contribution in [2.45, 2.75) is 25.0 Å². The lowest BCUT2D eigenvalue weighted by molar-refractivity contribution is 0.156. The summed E-state index contributed by atoms with van der Waals surface area (Å²) in [7, 11) is 0. The highest BCUT2D eigenvalue weighted by atomic mass is 16.3. The summed E-state index contributed by atoms with van der Waals surface area (Å²) >= 11 is 0. The van der Waals surface area contributed by atoms with E-state index >= 15 is 0 Å². The summed E-state index contributed by atoms with van der Waals surface area (Å²) < 4.78 is 0. The molecule has 0 aromatic carbocycles. The van der Waals surface area contributed by atoms with Crippen LogP contribution in [-0.2, 0) is 0 Å². The number of nitrogens with zero attached hydrogens (tertiary/aromatic N) is 2. The molecule has 88 valence electrons. The van der Waals surface area contributed by atoms with Crippen LogP contribution in [0, 0.1) is 4.91 Å². The Hall–Kier alpha value is -0.760. The van der Waals surface area contributed by atoms with E-state index in [0.717, 1.165) is 19.5 Å². The van der Waals surface area contributed by atoms with Crippen LogP contribution < -0.4 is 10.9 Å². The first-order chi connectivity index (χ1) is 7.22. The van der Waals surface area contributed by atoms with Crippen molar-refractivity contribution in [3.8, 4) is 0 Å². The maximum atomic E-state index is 9.58. The second kappa shape index (κ2) is 6.67. The fourth-order valence-corrected chi connectivity index (χ4v) is 1.53. The maximum absolute atomic E-state index is 9.58. The zero-order valence-electron chi connectivity index (χ0n) is 8.59. The van der Waals surface area contributed by atoms with Crippen molar-refractivity contribution in [2.24, 2.45) is 5.29 Å². The van der Waals surface area contributed by atoms with Gasteiger partial charge in [0.15, 0.2) is 0 Å². The first-order valence-electron chi connectivity index (χ1n) is 5.12. The smallest absolute Gasteiger partial charge is 0.0699 e. The Labute approximate surface area is 88.4 Å². The topological polar surface area (TPSA) is 97.2 Å². The first kappa shape index (κ1) is 12.3. The molecule has 0 radical (unpaired) electrons. The highest BCUT2D eigenvalue weighted by Crippen LogP contribution is 2.04. The third kappa shape index (κ3) is 5.03. The summed E-state index contributed by atoms with van der Waals surface area (Å²) in [4.78, 5) is 9.58. The van der Waals surface area contributed by atoms with Gasteiger partial charge >= 0.3 is 0 Å². The Morgan fingerprint density at radius 3 is 2.47 bits per heavy atom. The van der Waals surface area contributed by atoms with Crippen LogP contribution in [-0.4, -0.2) is 53.6 Å². The first-order valence-corrected chi connectivity index (χ1v) is 5.12. The fourth-order valence-electron chi connectivity index (χ4n) is 1.53. The standard InChI is InChI=1S/C4H9N3O2.C4H9NO/c8-4-1-2-7(3-4)5-6-9;6-4-1-2-5-3-4/h4,8H,1-3H2,(H,5,9);4-6H,1-3H2. The van der Waals surface area contributed by atoms with E-state index in [2.05, 4.69) is 16.1 Å². The third-order valence-corrected chi connectivity index (χ3v) is 2.38. The molecule has 2 unspecified atom stereocenters. The quantitative estimate of drug-likeness (QED) is 0.335. The lowest BCUT2D eigenvalue weighted by Crippen LogP contribution is -2.32. The molecule has 0 aromatic heterocycles. The third-order valence-electron chi connectivity index (χ3n) is 2.38. The number of hydrazine groups is 1. The van der Waals surface area contributed by atoms with E-state index in [9.17, 15) is 4.91 Å². The Morgan fingerprint density at radius 1 is 1.33 bits per heavy atom. The van der Waals surface area contributed by atoms with Crippen molar-refractivity contribution in [1.29, 1.82) is 0 Å². The second-order valence-electron chi connectivity index (χ2n) is 3.73. The second-order valence-corrected chi connectivity index (χ2v) is 3.73. The molecule has 0 spiro atoms. The largest absolute Gasteiger partial charge is 0.392 e. The number of nitroso groups, excluding NO2 is 1. The maximum Gasteiger partial charge on any atom is 0.0699 e. The molecule has 7 nitrogen and oxygen atoms in total. The summed E-state index contributed by atoms with van der Waals surface area (Å²) in [6.45, 7) is 2.96. The Bertz CT molecular complexity index is 187. The van der Waals surface area contributed by atoms with Gasteiger partial charge in [0.25, 0.3) is 0 Å². The van der Waals surface area contributed by atoms with E-state index in [1.165, 1.54) is 0 Å². The van der Waals surface area contributed by atoms with Gasteiger partial charge in [-0.15, -0.1) is 4.91 Å². The molecule has 2 aliphatic rings. The molecule has 0 amide bonds. The van der Waals surface area contributed by atoms with Gasteiger partial charge in [0.05, 0.1) is 17.5 Å². The van der Waals surface area contributed by atoms with E-state index in [4.69, 9.17) is 10.2 Å². The number of β-amino-alcohol motifs (C(OH)–C–C–N with tert-alkyl or cyclic N) is 2. The minimum atomic E-state index is -0.306. The molecule has 2 aliphatic heterocycles. The van der Waals surface area contributed by atoms with Crippen molar-refractivity contribution >= 4 is 0 Å². The predicted octanol–water partition coefficient (Wildman–Crippen LogP) is -1.42. The molecule has 15 heavy (non-hydrogen) atoms. The van der Waals surface area contributed by atoms with E-state index in [-0.39, 0.29) is 12.2 Å². The molecule has 2 saturated heterocycles. The Balaban J connectivity index is 0.000000162. The van der Waals surface area contributed by atoms with Crippen LogP contribution in [0.1, 0.15) is 12.8 Å². The summed E-state index contributed by atoms with van der Waals surface area (Å²) in [5, 5.41) is 24.6. The van der Waals surface area contributed by atoms with E-state index in [1.807, 2.05) is 0 Å². The molecule has 0 saturated carbocycles. The van der Waals surface area contributed by atoms with E-state index in [0.29, 0.717) is 19.5 Å². The molecule has 2 heterocycles. The number of hydrogen-bond donors (Lipinski definition) is 4. The van der Waals surface area contributed by atoms with Gasteiger partial charge < -0.3 is 15.5 Å². The lowest BCUT2D eigenvalue weighted by atomic mass is 10.3. The van der Waals surface area contributed by atoms with Gasteiger partial charge in [-0.1, -0.05) is 0 Å². The SMILES string of the molecule is O=NNN1CCC(O)C1.OC1CCNC1. The summed E-state index contributed by atoms with van der Waals surface area (Å²) in [5.41, 5.74) is 2.22. The minimum absolute atomic E-state index is 0.0648. The van der Waals surface area contributed by atoms with Crippen LogP contribution in [0.4, 0.5) is 0 Å². The van der Waals surface area contributed by atoms with Gasteiger partial charge in [0.2, 0.25) is 0 Å². The van der Waals surface area contributed by atoms with Gasteiger partial charge in [-0.2, -0.15) is 0 Å². The predicted molar refractivity (Wildman–Crippen MR) is 54.6 cm³/mol. The summed E-state index contributed by atoms with van der Waals surface area (Å²) in [5.74, 6) is 0. The summed E-state index contributed by atoms with van der Waals surface area (Å²) in [6, 6.07) is 0. The van der Waals surface area contributed by atoms with Crippen LogP contribution in [0.3, 0.4) is 0 Å². The zero-order valence-corrected chi connectivity index (χ0v) is 8.59. The highest BCUT2D eigenvalue weighted by Gasteiger charge is 2.19. The molecule has 4 N–H and O–H groups in total. The Morgan fingerprint density at radius 2 is 2.13 bits per heavy atom. The Kier molecular flexibility index (Phi) is 5.48. The van der Waals surface area contributed by atoms with E-state index < -0.39 is 0 Å². The van der Waals surface area contributed by atoms with Crippen LogP contribution in [0.25, 0.3) is 0 Å². The minimum Gasteiger partial charge on any atom is -0.392 e. The molecular weight excluding hydrogens is 200 g/mol. The average molecular weight is 218 g/mol. The van der Waals surface area contributed by atoms with E-state index in [1.54, 1.807) is 5.01 Å². The van der Waals surface area contributed by atoms with Crippen molar-refractivity contribution in [1.82, 2.24) is 15.9 Å². The molecule has 2 fully saturated rings. The number of nitrogens with one attached hydrogen (secondary N) is 2. The van der Waals surface area contributed by atoms with Crippen LogP contribution >= 0.6 is 0 Å². The number of hydrogen-bond acceptors (Lipinski definition) is 6. The molecular formula is C8H18N4O3. The lowest BCUT2D eigenvalue weighted by Gasteiger charge is -2.09. The average Bonchev–Trinajstić information content (AvgIpc) is 2.80. The van der Waals surface area contributed by atoms with Gasteiger partial charge in [-0.05, 0) is 19.4 Å². The summed E-state index contributed by atoms with van der Waals surface area (Å²) in [6.07, 6.45) is 1.27. The molecule has 2 rings (SSSR count). The monoisotopic (exact) mass is 218 g/mol. The van der Waals surface area contributed by atoms with Crippen molar-refractivity contribution in [3.63, 3.8) is 0 Å². The van der Waals surface area contributed by atoms with Crippen LogP contribution in [0.15, 0.2) is 5.29 Å². The zero-order chi connectivity index (χ0) is 11.1. The van der Waals surface area contributed by atoms with Crippen LogP contribution in [0.5, 0.6) is 0 Å². The number of rotatable bonds is 2. The van der Waals surface area contributed by atoms with Gasteiger partial charge in [0.1, 0.15) is 0 Å². The molecule has 0 bridgehead atoms. The van der Waals surface area contributed by atoms with Crippen LogP contribution in [0.2, 0.25) is 0 Å². The van der Waals surface area contributed by atoms with Crippen molar-refractivity contribution in [3.05, 3.63) is 4.91 Å². The molecule has 2 atom stereocenters. The molecule has 7 heteroatoms. The normalized spacial score (nSPS) is 30.8. The van der Waals surface area contributed by atoms with Crippen molar-refractivity contribution in [2.75, 3.05) is 26.2 Å². The number of aliphatic hydroxyl groups is 2. The molecule has 0 aromatic rings. The van der Waals surface area contributed by atoms with Gasteiger partial charge in [-0.3, -0.25) is 0 Å². The van der Waals surface area contributed by atoms with Gasteiger partial charge in [0, 0.05) is 19.6 Å². The van der Waals surface area contributed by atoms with Gasteiger partial charge in [-0.25, -0.2) is 10.5 Å². The number of aliphatic hydroxyl groups excluding tert-OH is 2. The van der Waals surface area contributed by atoms with Crippen molar-refractivity contribution < 1.29 is 10.2 Å². The molecule has 0 aliphatic carbocycles.